The maximum atomic E-state index is 9.15. The van der Waals surface area contributed by atoms with E-state index in [0.717, 1.165) is 18.4 Å². The van der Waals surface area contributed by atoms with Crippen LogP contribution in [0.5, 0.6) is 0 Å². The number of fused-ring (bicyclic) bond motifs is 2. The SMILES string of the molecule is CC(CO)(CO)NCC1CC2C=CC1C2. The molecule has 0 aliphatic heterocycles. The first-order chi connectivity index (χ1) is 7.17. The van der Waals surface area contributed by atoms with Gasteiger partial charge in [-0.25, -0.2) is 0 Å². The average molecular weight is 211 g/mol. The van der Waals surface area contributed by atoms with Crippen LogP contribution in [0.3, 0.4) is 0 Å². The summed E-state index contributed by atoms with van der Waals surface area (Å²) in [5.41, 5.74) is -0.522. The molecule has 2 rings (SSSR count). The van der Waals surface area contributed by atoms with E-state index in [1.807, 2.05) is 6.92 Å². The highest BCUT2D eigenvalue weighted by molar-refractivity contribution is 5.10. The molecule has 0 spiro atoms. The van der Waals surface area contributed by atoms with Crippen molar-refractivity contribution in [1.82, 2.24) is 5.32 Å². The van der Waals surface area contributed by atoms with Crippen molar-refractivity contribution in [3.63, 3.8) is 0 Å². The molecular weight excluding hydrogens is 190 g/mol. The number of aliphatic hydroxyl groups excluding tert-OH is 2. The van der Waals surface area contributed by atoms with Gasteiger partial charge in [-0.2, -0.15) is 0 Å². The predicted octanol–water partition coefficient (Wildman–Crippen LogP) is 0.531. The van der Waals surface area contributed by atoms with Crippen molar-refractivity contribution >= 4 is 0 Å². The van der Waals surface area contributed by atoms with Gasteiger partial charge in [0.15, 0.2) is 0 Å². The van der Waals surface area contributed by atoms with Crippen LogP contribution in [0.25, 0.3) is 0 Å². The van der Waals surface area contributed by atoms with Gasteiger partial charge in [0.05, 0.1) is 18.8 Å². The molecule has 0 saturated heterocycles. The van der Waals surface area contributed by atoms with Crippen LogP contribution in [0.2, 0.25) is 0 Å². The van der Waals surface area contributed by atoms with Gasteiger partial charge in [0.2, 0.25) is 0 Å². The van der Waals surface area contributed by atoms with Crippen LogP contribution in [0.15, 0.2) is 12.2 Å². The molecule has 1 saturated carbocycles. The number of rotatable bonds is 5. The molecule has 3 heteroatoms. The van der Waals surface area contributed by atoms with E-state index < -0.39 is 5.54 Å². The second-order valence-electron chi connectivity index (χ2n) is 5.30. The lowest BCUT2D eigenvalue weighted by Crippen LogP contribution is -2.50. The third-order valence-electron chi connectivity index (χ3n) is 3.91. The Labute approximate surface area is 91.2 Å². The second-order valence-corrected chi connectivity index (χ2v) is 5.30. The predicted molar refractivity (Wildman–Crippen MR) is 59.4 cm³/mol. The summed E-state index contributed by atoms with van der Waals surface area (Å²) in [6.45, 7) is 2.74. The van der Waals surface area contributed by atoms with E-state index in [9.17, 15) is 0 Å². The summed E-state index contributed by atoms with van der Waals surface area (Å²) >= 11 is 0. The van der Waals surface area contributed by atoms with Crippen molar-refractivity contribution in [1.29, 1.82) is 0 Å². The van der Waals surface area contributed by atoms with Crippen LogP contribution in [-0.4, -0.2) is 35.5 Å². The van der Waals surface area contributed by atoms with Crippen molar-refractivity contribution in [2.75, 3.05) is 19.8 Å². The van der Waals surface area contributed by atoms with Crippen molar-refractivity contribution < 1.29 is 10.2 Å². The molecule has 2 bridgehead atoms. The molecule has 2 aliphatic rings. The Kier molecular flexibility index (Phi) is 3.14. The van der Waals surface area contributed by atoms with Crippen LogP contribution >= 0.6 is 0 Å². The summed E-state index contributed by atoms with van der Waals surface area (Å²) in [5, 5.41) is 21.6. The Morgan fingerprint density at radius 2 is 2.00 bits per heavy atom. The fourth-order valence-corrected chi connectivity index (χ4v) is 2.67. The monoisotopic (exact) mass is 211 g/mol. The molecule has 3 atom stereocenters. The van der Waals surface area contributed by atoms with Crippen molar-refractivity contribution in [2.45, 2.75) is 25.3 Å². The minimum Gasteiger partial charge on any atom is -0.394 e. The van der Waals surface area contributed by atoms with Gasteiger partial charge in [-0.15, -0.1) is 0 Å². The molecular formula is C12H21NO2. The lowest BCUT2D eigenvalue weighted by atomic mass is 9.92. The molecule has 0 aromatic heterocycles. The van der Waals surface area contributed by atoms with E-state index in [1.165, 1.54) is 12.8 Å². The maximum Gasteiger partial charge on any atom is 0.0633 e. The molecule has 3 nitrogen and oxygen atoms in total. The standard InChI is InChI=1S/C12H21NO2/c1-12(7-14,8-15)13-6-11-5-9-2-3-10(11)4-9/h2-3,9-11,13-15H,4-8H2,1H3. The van der Waals surface area contributed by atoms with E-state index in [1.54, 1.807) is 0 Å². The number of nitrogens with one attached hydrogen (secondary N) is 1. The summed E-state index contributed by atoms with van der Waals surface area (Å²) in [4.78, 5) is 0. The minimum atomic E-state index is -0.522. The molecule has 3 unspecified atom stereocenters. The Hall–Kier alpha value is -0.380. The summed E-state index contributed by atoms with van der Waals surface area (Å²) in [6, 6.07) is 0. The third kappa shape index (κ3) is 2.25. The highest BCUT2D eigenvalue weighted by Crippen LogP contribution is 2.43. The zero-order chi connectivity index (χ0) is 10.9. The smallest absolute Gasteiger partial charge is 0.0633 e. The van der Waals surface area contributed by atoms with Gasteiger partial charge in [0, 0.05) is 0 Å². The molecule has 1 fully saturated rings. The first-order valence-electron chi connectivity index (χ1n) is 5.82. The van der Waals surface area contributed by atoms with E-state index >= 15 is 0 Å². The highest BCUT2D eigenvalue weighted by atomic mass is 16.3. The van der Waals surface area contributed by atoms with Gasteiger partial charge in [0.25, 0.3) is 0 Å². The van der Waals surface area contributed by atoms with Crippen molar-refractivity contribution in [2.24, 2.45) is 17.8 Å². The van der Waals surface area contributed by atoms with Gasteiger partial charge in [-0.3, -0.25) is 0 Å². The van der Waals surface area contributed by atoms with Gasteiger partial charge >= 0.3 is 0 Å². The summed E-state index contributed by atoms with van der Waals surface area (Å²) in [6.07, 6.45) is 7.23. The van der Waals surface area contributed by atoms with Gasteiger partial charge in [-0.1, -0.05) is 12.2 Å². The van der Waals surface area contributed by atoms with Crippen LogP contribution in [0.4, 0.5) is 0 Å². The van der Waals surface area contributed by atoms with Crippen LogP contribution in [-0.2, 0) is 0 Å². The largest absolute Gasteiger partial charge is 0.394 e. The molecule has 0 aromatic rings. The molecule has 0 radical (unpaired) electrons. The lowest BCUT2D eigenvalue weighted by Gasteiger charge is -2.29. The molecule has 2 aliphatic carbocycles. The van der Waals surface area contributed by atoms with Crippen molar-refractivity contribution in [3.05, 3.63) is 12.2 Å². The van der Waals surface area contributed by atoms with Crippen molar-refractivity contribution in [3.8, 4) is 0 Å². The van der Waals surface area contributed by atoms with Gasteiger partial charge in [-0.05, 0) is 44.1 Å². The van der Waals surface area contributed by atoms with Crippen LogP contribution in [0, 0.1) is 17.8 Å². The molecule has 0 aromatic carbocycles. The lowest BCUT2D eigenvalue weighted by molar-refractivity contribution is 0.0991. The van der Waals surface area contributed by atoms with Crippen LogP contribution in [0.1, 0.15) is 19.8 Å². The molecule has 3 N–H and O–H groups in total. The maximum absolute atomic E-state index is 9.15. The first kappa shape index (κ1) is 11.1. The Morgan fingerprint density at radius 1 is 1.27 bits per heavy atom. The average Bonchev–Trinajstić information content (AvgIpc) is 2.87. The Balaban J connectivity index is 1.81. The van der Waals surface area contributed by atoms with Gasteiger partial charge < -0.3 is 15.5 Å². The number of hydrogen-bond acceptors (Lipinski definition) is 3. The molecule has 86 valence electrons. The number of hydrogen-bond donors (Lipinski definition) is 3. The molecule has 0 amide bonds. The molecule has 0 heterocycles. The zero-order valence-corrected chi connectivity index (χ0v) is 9.32. The van der Waals surface area contributed by atoms with Gasteiger partial charge in [0.1, 0.15) is 0 Å². The Bertz CT molecular complexity index is 248. The normalized spacial score (nSPS) is 33.9. The fourth-order valence-electron chi connectivity index (χ4n) is 2.67. The summed E-state index contributed by atoms with van der Waals surface area (Å²) < 4.78 is 0. The zero-order valence-electron chi connectivity index (χ0n) is 9.32. The Morgan fingerprint density at radius 3 is 2.47 bits per heavy atom. The van der Waals surface area contributed by atoms with Crippen LogP contribution < -0.4 is 5.32 Å². The quantitative estimate of drug-likeness (QED) is 0.582. The molecule has 15 heavy (non-hydrogen) atoms. The summed E-state index contributed by atoms with van der Waals surface area (Å²) in [5.74, 6) is 2.21. The number of allylic oxidation sites excluding steroid dienone is 2. The third-order valence-corrected chi connectivity index (χ3v) is 3.91. The minimum absolute atomic E-state index is 0.0137. The highest BCUT2D eigenvalue weighted by Gasteiger charge is 2.36. The van der Waals surface area contributed by atoms with E-state index in [-0.39, 0.29) is 13.2 Å². The topological polar surface area (TPSA) is 52.5 Å². The fraction of sp³-hybridized carbons (Fsp3) is 0.833. The number of aliphatic hydroxyl groups is 2. The van der Waals surface area contributed by atoms with E-state index in [4.69, 9.17) is 10.2 Å². The van der Waals surface area contributed by atoms with E-state index in [2.05, 4.69) is 17.5 Å². The first-order valence-corrected chi connectivity index (χ1v) is 5.82. The second kappa shape index (κ2) is 4.24. The summed E-state index contributed by atoms with van der Waals surface area (Å²) in [7, 11) is 0. The van der Waals surface area contributed by atoms with E-state index in [0.29, 0.717) is 5.92 Å².